The zero-order valence-electron chi connectivity index (χ0n) is 11.3. The number of aryl methyl sites for hydroxylation is 2. The lowest BCUT2D eigenvalue weighted by molar-refractivity contribution is 0.572. The second kappa shape index (κ2) is 3.73. The second-order valence-electron chi connectivity index (χ2n) is 5.82. The number of hydrogen-bond acceptors (Lipinski definition) is 2. The molecule has 1 aromatic heterocycles. The van der Waals surface area contributed by atoms with Crippen LogP contribution in [0.15, 0.2) is 18.2 Å². The van der Waals surface area contributed by atoms with E-state index in [1.807, 2.05) is 6.07 Å². The first-order valence-corrected chi connectivity index (χ1v) is 5.97. The molecule has 0 aliphatic rings. The summed E-state index contributed by atoms with van der Waals surface area (Å²) in [6.07, 6.45) is 0. The Labute approximate surface area is 103 Å². The van der Waals surface area contributed by atoms with E-state index in [0.717, 1.165) is 22.3 Å². The Morgan fingerprint density at radius 3 is 2.29 bits per heavy atom. The van der Waals surface area contributed by atoms with E-state index in [1.165, 1.54) is 11.1 Å². The summed E-state index contributed by atoms with van der Waals surface area (Å²) in [6, 6.07) is 6.26. The maximum atomic E-state index is 6.15. The minimum absolute atomic E-state index is 0.0274. The van der Waals surface area contributed by atoms with Gasteiger partial charge in [0.05, 0.1) is 5.52 Å². The van der Waals surface area contributed by atoms with Crippen LogP contribution < -0.4 is 5.73 Å². The van der Waals surface area contributed by atoms with E-state index in [4.69, 9.17) is 10.7 Å². The maximum Gasteiger partial charge on any atom is 0.0755 e. The molecule has 1 aromatic carbocycles. The van der Waals surface area contributed by atoms with Gasteiger partial charge in [-0.2, -0.15) is 0 Å². The van der Waals surface area contributed by atoms with Crippen LogP contribution in [-0.4, -0.2) is 4.98 Å². The fourth-order valence-electron chi connectivity index (χ4n) is 2.09. The average molecular weight is 228 g/mol. The molecule has 2 rings (SSSR count). The van der Waals surface area contributed by atoms with Gasteiger partial charge in [-0.05, 0) is 31.5 Å². The van der Waals surface area contributed by atoms with E-state index in [9.17, 15) is 0 Å². The third kappa shape index (κ3) is 2.12. The predicted octanol–water partition coefficient (Wildman–Crippen LogP) is 3.73. The van der Waals surface area contributed by atoms with Gasteiger partial charge in [-0.15, -0.1) is 0 Å². The molecule has 0 bridgehead atoms. The number of pyridine rings is 1. The average Bonchev–Trinajstić information content (AvgIpc) is 2.17. The van der Waals surface area contributed by atoms with Crippen LogP contribution in [0.5, 0.6) is 0 Å². The van der Waals surface area contributed by atoms with Crippen molar-refractivity contribution < 1.29 is 0 Å². The van der Waals surface area contributed by atoms with E-state index >= 15 is 0 Å². The number of aromatic nitrogens is 1. The highest BCUT2D eigenvalue weighted by molar-refractivity contribution is 5.92. The fourth-order valence-corrected chi connectivity index (χ4v) is 2.09. The van der Waals surface area contributed by atoms with Crippen molar-refractivity contribution in [1.29, 1.82) is 0 Å². The van der Waals surface area contributed by atoms with Gasteiger partial charge in [0.2, 0.25) is 0 Å². The van der Waals surface area contributed by atoms with E-state index in [2.05, 4.69) is 46.8 Å². The Balaban J connectivity index is 2.83. The number of nitrogens with two attached hydrogens (primary N) is 1. The smallest absolute Gasteiger partial charge is 0.0755 e. The minimum Gasteiger partial charge on any atom is -0.398 e. The molecule has 0 saturated carbocycles. The zero-order valence-corrected chi connectivity index (χ0v) is 11.3. The summed E-state index contributed by atoms with van der Waals surface area (Å²) in [6.45, 7) is 10.6. The summed E-state index contributed by atoms with van der Waals surface area (Å²) in [4.78, 5) is 4.77. The SMILES string of the molecule is Cc1cc(C)c2nc(C(C)(C)C)cc(N)c2c1. The molecule has 0 aliphatic carbocycles. The Morgan fingerprint density at radius 2 is 1.71 bits per heavy atom. The number of anilines is 1. The van der Waals surface area contributed by atoms with E-state index in [0.29, 0.717) is 0 Å². The van der Waals surface area contributed by atoms with Gasteiger partial charge in [0.25, 0.3) is 0 Å². The highest BCUT2D eigenvalue weighted by Crippen LogP contribution is 2.29. The molecule has 0 aliphatic heterocycles. The van der Waals surface area contributed by atoms with Crippen molar-refractivity contribution in [2.24, 2.45) is 0 Å². The molecule has 0 fully saturated rings. The molecule has 2 aromatic rings. The molecule has 90 valence electrons. The second-order valence-corrected chi connectivity index (χ2v) is 5.82. The molecule has 0 amide bonds. The Morgan fingerprint density at radius 1 is 1.06 bits per heavy atom. The highest BCUT2D eigenvalue weighted by atomic mass is 14.7. The van der Waals surface area contributed by atoms with Crippen molar-refractivity contribution in [1.82, 2.24) is 4.98 Å². The number of benzene rings is 1. The first-order chi connectivity index (χ1) is 7.79. The molecule has 0 unspecified atom stereocenters. The van der Waals surface area contributed by atoms with Crippen LogP contribution in [-0.2, 0) is 5.41 Å². The minimum atomic E-state index is 0.0274. The van der Waals surface area contributed by atoms with Crippen LogP contribution in [0.4, 0.5) is 5.69 Å². The van der Waals surface area contributed by atoms with Gasteiger partial charge in [0.1, 0.15) is 0 Å². The Kier molecular flexibility index (Phi) is 2.61. The molecule has 2 heteroatoms. The van der Waals surface area contributed by atoms with Crippen molar-refractivity contribution in [2.45, 2.75) is 40.0 Å². The monoisotopic (exact) mass is 228 g/mol. The van der Waals surface area contributed by atoms with Gasteiger partial charge in [-0.25, -0.2) is 0 Å². The number of fused-ring (bicyclic) bond motifs is 1. The Bertz CT molecular complexity index is 577. The third-order valence-electron chi connectivity index (χ3n) is 3.05. The standard InChI is InChI=1S/C15H20N2/c1-9-6-10(2)14-11(7-9)12(16)8-13(17-14)15(3,4)5/h6-8H,1-5H3,(H2,16,17). The highest BCUT2D eigenvalue weighted by Gasteiger charge is 2.17. The molecule has 1 heterocycles. The lowest BCUT2D eigenvalue weighted by atomic mass is 9.90. The zero-order chi connectivity index (χ0) is 12.8. The number of rotatable bonds is 0. The molecule has 17 heavy (non-hydrogen) atoms. The van der Waals surface area contributed by atoms with Crippen LogP contribution in [0.2, 0.25) is 0 Å². The van der Waals surface area contributed by atoms with Crippen LogP contribution in [0.25, 0.3) is 10.9 Å². The Hall–Kier alpha value is -1.57. The van der Waals surface area contributed by atoms with Gasteiger partial charge in [0.15, 0.2) is 0 Å². The maximum absolute atomic E-state index is 6.15. The summed E-state index contributed by atoms with van der Waals surface area (Å²) < 4.78 is 0. The first-order valence-electron chi connectivity index (χ1n) is 5.97. The van der Waals surface area contributed by atoms with Crippen molar-refractivity contribution >= 4 is 16.6 Å². The molecule has 0 radical (unpaired) electrons. The van der Waals surface area contributed by atoms with E-state index in [1.54, 1.807) is 0 Å². The van der Waals surface area contributed by atoms with Gasteiger partial charge in [0, 0.05) is 22.2 Å². The topological polar surface area (TPSA) is 38.9 Å². The molecule has 0 spiro atoms. The van der Waals surface area contributed by atoms with Crippen molar-refractivity contribution in [2.75, 3.05) is 5.73 Å². The molecular formula is C15H20N2. The molecular weight excluding hydrogens is 208 g/mol. The third-order valence-corrected chi connectivity index (χ3v) is 3.05. The number of hydrogen-bond donors (Lipinski definition) is 1. The summed E-state index contributed by atoms with van der Waals surface area (Å²) in [7, 11) is 0. The number of nitrogen functional groups attached to an aromatic ring is 1. The molecule has 0 saturated heterocycles. The molecule has 2 nitrogen and oxygen atoms in total. The first kappa shape index (κ1) is 11.9. The van der Waals surface area contributed by atoms with E-state index < -0.39 is 0 Å². The van der Waals surface area contributed by atoms with Crippen molar-refractivity contribution in [3.8, 4) is 0 Å². The van der Waals surface area contributed by atoms with Crippen LogP contribution in [0, 0.1) is 13.8 Å². The summed E-state index contributed by atoms with van der Waals surface area (Å²) in [5.74, 6) is 0. The van der Waals surface area contributed by atoms with Crippen LogP contribution in [0.3, 0.4) is 0 Å². The van der Waals surface area contributed by atoms with Crippen LogP contribution in [0.1, 0.15) is 37.6 Å². The summed E-state index contributed by atoms with van der Waals surface area (Å²) in [5.41, 5.74) is 11.5. The molecule has 2 N–H and O–H groups in total. The van der Waals surface area contributed by atoms with Crippen molar-refractivity contribution in [3.63, 3.8) is 0 Å². The predicted molar refractivity (Wildman–Crippen MR) is 74.3 cm³/mol. The van der Waals surface area contributed by atoms with Crippen LogP contribution >= 0.6 is 0 Å². The van der Waals surface area contributed by atoms with Gasteiger partial charge < -0.3 is 5.73 Å². The summed E-state index contributed by atoms with van der Waals surface area (Å²) >= 11 is 0. The van der Waals surface area contributed by atoms with Gasteiger partial charge in [-0.3, -0.25) is 4.98 Å². The normalized spacial score (nSPS) is 12.1. The van der Waals surface area contributed by atoms with Gasteiger partial charge >= 0.3 is 0 Å². The lowest BCUT2D eigenvalue weighted by Crippen LogP contribution is -2.14. The lowest BCUT2D eigenvalue weighted by Gasteiger charge is -2.19. The van der Waals surface area contributed by atoms with Crippen molar-refractivity contribution in [3.05, 3.63) is 35.0 Å². The molecule has 0 atom stereocenters. The number of nitrogens with zero attached hydrogens (tertiary/aromatic N) is 1. The fraction of sp³-hybridized carbons (Fsp3) is 0.400. The van der Waals surface area contributed by atoms with Gasteiger partial charge in [-0.1, -0.05) is 32.4 Å². The summed E-state index contributed by atoms with van der Waals surface area (Å²) in [5, 5.41) is 1.07. The largest absolute Gasteiger partial charge is 0.398 e. The quantitative estimate of drug-likeness (QED) is 0.746. The van der Waals surface area contributed by atoms with E-state index in [-0.39, 0.29) is 5.41 Å².